The molecule has 0 radical (unpaired) electrons. The first-order chi connectivity index (χ1) is 9.43. The van der Waals surface area contributed by atoms with Crippen molar-refractivity contribution in [3.05, 3.63) is 16.6 Å². The Morgan fingerprint density at radius 2 is 2.00 bits per heavy atom. The first-order valence-electron chi connectivity index (χ1n) is 7.26. The predicted molar refractivity (Wildman–Crippen MR) is 85.9 cm³/mol. The number of piperazine rings is 1. The molecule has 0 bridgehead atoms. The Bertz CT molecular complexity index is 417. The standard InChI is InChI=1S/C14H26BrN5/c1-14(2,3)20-7-5-19(6-8-20)11(9-16-4)12-13(15)18-10-17-12/h10-11,16H,5-9H2,1-4H3,(H,17,18). The van der Waals surface area contributed by atoms with Crippen molar-refractivity contribution in [2.75, 3.05) is 39.8 Å². The summed E-state index contributed by atoms with van der Waals surface area (Å²) in [6.45, 7) is 12.2. The van der Waals surface area contributed by atoms with Crippen LogP contribution >= 0.6 is 15.9 Å². The fourth-order valence-corrected chi connectivity index (χ4v) is 3.31. The molecule has 114 valence electrons. The minimum Gasteiger partial charge on any atom is -0.346 e. The lowest BCUT2D eigenvalue weighted by molar-refractivity contribution is 0.0410. The number of nitrogens with one attached hydrogen (secondary N) is 2. The molecule has 5 nitrogen and oxygen atoms in total. The summed E-state index contributed by atoms with van der Waals surface area (Å²) >= 11 is 3.54. The van der Waals surface area contributed by atoms with Crippen molar-refractivity contribution in [2.45, 2.75) is 32.4 Å². The number of likely N-dealkylation sites (N-methyl/N-ethyl adjacent to an activating group) is 1. The second-order valence-corrected chi connectivity index (χ2v) is 7.13. The average molecular weight is 344 g/mol. The van der Waals surface area contributed by atoms with E-state index in [0.29, 0.717) is 6.04 Å². The van der Waals surface area contributed by atoms with Gasteiger partial charge < -0.3 is 10.3 Å². The third kappa shape index (κ3) is 3.61. The normalized spacial score (nSPS) is 20.2. The number of hydrogen-bond donors (Lipinski definition) is 2. The molecule has 6 heteroatoms. The summed E-state index contributed by atoms with van der Waals surface area (Å²) in [5.74, 6) is 0. The van der Waals surface area contributed by atoms with Gasteiger partial charge in [-0.15, -0.1) is 0 Å². The summed E-state index contributed by atoms with van der Waals surface area (Å²) < 4.78 is 0.927. The maximum Gasteiger partial charge on any atom is 0.128 e. The highest BCUT2D eigenvalue weighted by Crippen LogP contribution is 2.26. The lowest BCUT2D eigenvalue weighted by Gasteiger charge is -2.44. The molecule has 2 N–H and O–H groups in total. The van der Waals surface area contributed by atoms with E-state index < -0.39 is 0 Å². The predicted octanol–water partition coefficient (Wildman–Crippen LogP) is 1.85. The molecule has 1 aliphatic heterocycles. The van der Waals surface area contributed by atoms with E-state index in [-0.39, 0.29) is 5.54 Å². The van der Waals surface area contributed by atoms with E-state index in [1.807, 2.05) is 7.05 Å². The minimum atomic E-state index is 0.263. The van der Waals surface area contributed by atoms with Gasteiger partial charge in [0.15, 0.2) is 0 Å². The van der Waals surface area contributed by atoms with Crippen LogP contribution in [0.1, 0.15) is 32.5 Å². The number of aromatic nitrogens is 2. The van der Waals surface area contributed by atoms with E-state index in [4.69, 9.17) is 0 Å². The Balaban J connectivity index is 2.04. The first-order valence-corrected chi connectivity index (χ1v) is 8.05. The highest BCUT2D eigenvalue weighted by molar-refractivity contribution is 9.10. The molecule has 0 amide bonds. The van der Waals surface area contributed by atoms with Crippen LogP contribution in [0.15, 0.2) is 10.9 Å². The van der Waals surface area contributed by atoms with Crippen LogP contribution in [-0.2, 0) is 0 Å². The molecule has 1 saturated heterocycles. The van der Waals surface area contributed by atoms with E-state index in [9.17, 15) is 0 Å². The second kappa shape index (κ2) is 6.56. The third-order valence-corrected chi connectivity index (χ3v) is 4.69. The van der Waals surface area contributed by atoms with Crippen molar-refractivity contribution in [2.24, 2.45) is 0 Å². The number of aromatic amines is 1. The average Bonchev–Trinajstić information content (AvgIpc) is 2.81. The molecule has 2 heterocycles. The Hall–Kier alpha value is -0.430. The molecule has 0 aliphatic carbocycles. The van der Waals surface area contributed by atoms with Crippen molar-refractivity contribution in [1.82, 2.24) is 25.1 Å². The molecule has 2 rings (SSSR count). The zero-order valence-electron chi connectivity index (χ0n) is 12.9. The van der Waals surface area contributed by atoms with Crippen LogP contribution in [0, 0.1) is 0 Å². The van der Waals surface area contributed by atoms with Gasteiger partial charge in [0.05, 0.1) is 18.1 Å². The molecule has 1 unspecified atom stereocenters. The smallest absolute Gasteiger partial charge is 0.128 e. The topological polar surface area (TPSA) is 47.2 Å². The third-order valence-electron chi connectivity index (χ3n) is 4.05. The number of imidazole rings is 1. The molecule has 0 aromatic carbocycles. The van der Waals surface area contributed by atoms with E-state index in [1.54, 1.807) is 6.33 Å². The number of nitrogens with zero attached hydrogens (tertiary/aromatic N) is 3. The lowest BCUT2D eigenvalue weighted by atomic mass is 10.0. The monoisotopic (exact) mass is 343 g/mol. The van der Waals surface area contributed by atoms with Crippen LogP contribution < -0.4 is 5.32 Å². The second-order valence-electron chi connectivity index (χ2n) is 6.37. The summed E-state index contributed by atoms with van der Waals surface area (Å²) in [4.78, 5) is 12.6. The van der Waals surface area contributed by atoms with Crippen LogP contribution in [0.3, 0.4) is 0 Å². The number of hydrogen-bond acceptors (Lipinski definition) is 4. The Kier molecular flexibility index (Phi) is 5.23. The van der Waals surface area contributed by atoms with Crippen molar-refractivity contribution >= 4 is 15.9 Å². The van der Waals surface area contributed by atoms with Gasteiger partial charge in [0, 0.05) is 38.3 Å². The van der Waals surface area contributed by atoms with Gasteiger partial charge in [0.1, 0.15) is 4.60 Å². The highest BCUT2D eigenvalue weighted by Gasteiger charge is 2.30. The summed E-state index contributed by atoms with van der Waals surface area (Å²) in [7, 11) is 2.00. The molecule has 1 atom stereocenters. The number of halogens is 1. The Morgan fingerprint density at radius 3 is 2.45 bits per heavy atom. The maximum absolute atomic E-state index is 4.27. The fraction of sp³-hybridized carbons (Fsp3) is 0.786. The molecule has 0 saturated carbocycles. The molecule has 1 fully saturated rings. The van der Waals surface area contributed by atoms with E-state index in [0.717, 1.165) is 37.3 Å². The van der Waals surface area contributed by atoms with Crippen molar-refractivity contribution in [1.29, 1.82) is 0 Å². The molecule has 20 heavy (non-hydrogen) atoms. The van der Waals surface area contributed by atoms with Crippen LogP contribution in [0.2, 0.25) is 0 Å². The van der Waals surface area contributed by atoms with Gasteiger partial charge >= 0.3 is 0 Å². The summed E-state index contributed by atoms with van der Waals surface area (Å²) in [6, 6.07) is 0.346. The summed E-state index contributed by atoms with van der Waals surface area (Å²) in [5, 5.41) is 3.30. The minimum absolute atomic E-state index is 0.263. The zero-order chi connectivity index (χ0) is 14.8. The quantitative estimate of drug-likeness (QED) is 0.875. The fourth-order valence-electron chi connectivity index (χ4n) is 2.83. The summed E-state index contributed by atoms with van der Waals surface area (Å²) in [5.41, 5.74) is 1.43. The van der Waals surface area contributed by atoms with Crippen LogP contribution in [0.25, 0.3) is 0 Å². The van der Waals surface area contributed by atoms with Crippen LogP contribution in [0.4, 0.5) is 0 Å². The van der Waals surface area contributed by atoms with Crippen molar-refractivity contribution in [3.63, 3.8) is 0 Å². The van der Waals surface area contributed by atoms with Gasteiger partial charge in [-0.25, -0.2) is 4.98 Å². The molecule has 1 aromatic rings. The summed E-state index contributed by atoms with van der Waals surface area (Å²) in [6.07, 6.45) is 1.76. The van der Waals surface area contributed by atoms with Gasteiger partial charge in [-0.2, -0.15) is 0 Å². The van der Waals surface area contributed by atoms with E-state index in [2.05, 4.69) is 61.8 Å². The van der Waals surface area contributed by atoms with Gasteiger partial charge in [-0.05, 0) is 43.7 Å². The van der Waals surface area contributed by atoms with E-state index in [1.165, 1.54) is 5.69 Å². The Labute approximate surface area is 130 Å². The molecule has 0 spiro atoms. The van der Waals surface area contributed by atoms with Gasteiger partial charge in [-0.3, -0.25) is 9.80 Å². The molecular formula is C14H26BrN5. The van der Waals surface area contributed by atoms with Crippen LogP contribution in [0.5, 0.6) is 0 Å². The SMILES string of the molecule is CNCC(c1[nH]cnc1Br)N1CCN(C(C)(C)C)CC1. The maximum atomic E-state index is 4.27. The van der Waals surface area contributed by atoms with Gasteiger partial charge in [0.2, 0.25) is 0 Å². The first kappa shape index (κ1) is 15.9. The highest BCUT2D eigenvalue weighted by atomic mass is 79.9. The van der Waals surface area contributed by atoms with Crippen LogP contribution in [-0.4, -0.2) is 65.1 Å². The van der Waals surface area contributed by atoms with Gasteiger partial charge in [0.25, 0.3) is 0 Å². The molecular weight excluding hydrogens is 318 g/mol. The number of H-pyrrole nitrogens is 1. The zero-order valence-corrected chi connectivity index (χ0v) is 14.5. The van der Waals surface area contributed by atoms with E-state index >= 15 is 0 Å². The molecule has 1 aromatic heterocycles. The lowest BCUT2D eigenvalue weighted by Crippen LogP contribution is -2.54. The number of rotatable bonds is 4. The van der Waals surface area contributed by atoms with Crippen molar-refractivity contribution < 1.29 is 0 Å². The van der Waals surface area contributed by atoms with Gasteiger partial charge in [-0.1, -0.05) is 0 Å². The largest absolute Gasteiger partial charge is 0.346 e. The Morgan fingerprint density at radius 1 is 1.35 bits per heavy atom. The molecule has 1 aliphatic rings. The van der Waals surface area contributed by atoms with Crippen molar-refractivity contribution in [3.8, 4) is 0 Å².